The van der Waals surface area contributed by atoms with E-state index in [2.05, 4.69) is 5.32 Å². The summed E-state index contributed by atoms with van der Waals surface area (Å²) < 4.78 is 0. The minimum Gasteiger partial charge on any atom is -0.508 e. The summed E-state index contributed by atoms with van der Waals surface area (Å²) in [5, 5.41) is 12.0. The maximum Gasteiger partial charge on any atom is 0.245 e. The van der Waals surface area contributed by atoms with Crippen LogP contribution >= 0.6 is 0 Å². The third kappa shape index (κ3) is 2.45. The summed E-state index contributed by atoms with van der Waals surface area (Å²) in [5.41, 5.74) is 1.99. The normalized spacial score (nSPS) is 15.1. The van der Waals surface area contributed by atoms with Gasteiger partial charge in [-0.05, 0) is 30.2 Å². The summed E-state index contributed by atoms with van der Waals surface area (Å²) in [5.74, 6) is -0.121. The van der Waals surface area contributed by atoms with E-state index in [0.717, 1.165) is 11.1 Å². The second-order valence-electron chi connectivity index (χ2n) is 4.57. The average Bonchev–Trinajstić information content (AvgIpc) is 2.69. The van der Waals surface area contributed by atoms with Crippen LogP contribution < -0.4 is 5.32 Å². The quantitative estimate of drug-likeness (QED) is 0.811. The Morgan fingerprint density at radius 2 is 2.00 bits per heavy atom. The number of carbonyl (C=O) groups is 2. The molecule has 1 aromatic rings. The minimum absolute atomic E-state index is 0.110. The van der Waals surface area contributed by atoms with Crippen molar-refractivity contribution in [3.8, 4) is 5.75 Å². The average molecular weight is 248 g/mol. The fourth-order valence-electron chi connectivity index (χ4n) is 2.18. The number of aromatic hydroxyl groups is 1. The Morgan fingerprint density at radius 1 is 1.33 bits per heavy atom. The molecule has 2 rings (SSSR count). The number of nitrogens with one attached hydrogen (secondary N) is 1. The summed E-state index contributed by atoms with van der Waals surface area (Å²) in [7, 11) is 0. The summed E-state index contributed by atoms with van der Waals surface area (Å²) in [6.45, 7) is 4.07. The Morgan fingerprint density at radius 3 is 2.67 bits per heavy atom. The predicted molar refractivity (Wildman–Crippen MR) is 65.6 cm³/mol. The van der Waals surface area contributed by atoms with E-state index in [1.807, 2.05) is 6.07 Å². The van der Waals surface area contributed by atoms with E-state index in [1.54, 1.807) is 24.0 Å². The van der Waals surface area contributed by atoms with Gasteiger partial charge in [-0.3, -0.25) is 9.59 Å². The highest BCUT2D eigenvalue weighted by atomic mass is 16.3. The molecule has 0 spiro atoms. The van der Waals surface area contributed by atoms with Crippen molar-refractivity contribution in [1.82, 2.24) is 10.2 Å². The molecule has 2 amide bonds. The number of nitrogens with zero attached hydrogens (tertiary/aromatic N) is 1. The summed E-state index contributed by atoms with van der Waals surface area (Å²) in [6.07, 6.45) is 0. The van der Waals surface area contributed by atoms with Gasteiger partial charge in [0.15, 0.2) is 0 Å². The van der Waals surface area contributed by atoms with E-state index in [0.29, 0.717) is 13.1 Å². The van der Waals surface area contributed by atoms with Crippen molar-refractivity contribution in [1.29, 1.82) is 0 Å². The van der Waals surface area contributed by atoms with Crippen LogP contribution in [0.4, 0.5) is 0 Å². The summed E-state index contributed by atoms with van der Waals surface area (Å²) >= 11 is 0. The molecule has 0 aromatic heterocycles. The first kappa shape index (κ1) is 12.4. The molecular formula is C13H16N2O3. The lowest BCUT2D eigenvalue weighted by Crippen LogP contribution is -2.44. The van der Waals surface area contributed by atoms with Crippen LogP contribution in [0.5, 0.6) is 5.75 Å². The van der Waals surface area contributed by atoms with Crippen molar-refractivity contribution in [2.45, 2.75) is 33.0 Å². The molecule has 5 heteroatoms. The van der Waals surface area contributed by atoms with Gasteiger partial charge in [0.05, 0.1) is 0 Å². The second kappa shape index (κ2) is 4.68. The number of carbonyl (C=O) groups excluding carboxylic acids is 2. The Bertz CT molecular complexity index is 499. The van der Waals surface area contributed by atoms with Gasteiger partial charge in [0.2, 0.25) is 11.8 Å². The SMILES string of the molecule is CC(=O)NC(C)C(=O)N1Cc2ccc(O)cc2C1. The molecule has 1 aromatic carbocycles. The fraction of sp³-hybridized carbons (Fsp3) is 0.385. The lowest BCUT2D eigenvalue weighted by molar-refractivity contribution is -0.136. The van der Waals surface area contributed by atoms with Gasteiger partial charge in [-0.1, -0.05) is 6.07 Å². The van der Waals surface area contributed by atoms with Crippen LogP contribution in [0.2, 0.25) is 0 Å². The number of rotatable bonds is 2. The van der Waals surface area contributed by atoms with Crippen molar-refractivity contribution in [2.24, 2.45) is 0 Å². The monoisotopic (exact) mass is 248 g/mol. The maximum atomic E-state index is 12.1. The van der Waals surface area contributed by atoms with E-state index in [1.165, 1.54) is 6.92 Å². The van der Waals surface area contributed by atoms with Crippen LogP contribution in [0.3, 0.4) is 0 Å². The van der Waals surface area contributed by atoms with Crippen LogP contribution in [-0.2, 0) is 22.7 Å². The number of amides is 2. The molecule has 0 saturated carbocycles. The molecular weight excluding hydrogens is 232 g/mol. The highest BCUT2D eigenvalue weighted by Crippen LogP contribution is 2.26. The smallest absolute Gasteiger partial charge is 0.245 e. The number of phenolic OH excluding ortho intramolecular Hbond substituents is 1. The van der Waals surface area contributed by atoms with Gasteiger partial charge < -0.3 is 15.3 Å². The molecule has 5 nitrogen and oxygen atoms in total. The van der Waals surface area contributed by atoms with E-state index < -0.39 is 6.04 Å². The first-order valence-electron chi connectivity index (χ1n) is 5.84. The molecule has 18 heavy (non-hydrogen) atoms. The zero-order valence-electron chi connectivity index (χ0n) is 10.4. The molecule has 2 N–H and O–H groups in total. The molecule has 0 aliphatic carbocycles. The first-order valence-corrected chi connectivity index (χ1v) is 5.84. The van der Waals surface area contributed by atoms with E-state index in [4.69, 9.17) is 0 Å². The predicted octanol–water partition coefficient (Wildman–Crippen LogP) is 0.759. The van der Waals surface area contributed by atoms with Crippen molar-refractivity contribution >= 4 is 11.8 Å². The topological polar surface area (TPSA) is 69.6 Å². The van der Waals surface area contributed by atoms with Gasteiger partial charge in [-0.2, -0.15) is 0 Å². The van der Waals surface area contributed by atoms with Crippen LogP contribution in [0, 0.1) is 0 Å². The fourth-order valence-corrected chi connectivity index (χ4v) is 2.18. The van der Waals surface area contributed by atoms with Gasteiger partial charge >= 0.3 is 0 Å². The third-order valence-corrected chi connectivity index (χ3v) is 3.01. The Balaban J connectivity index is 2.06. The van der Waals surface area contributed by atoms with E-state index in [-0.39, 0.29) is 17.6 Å². The Kier molecular flexibility index (Phi) is 3.23. The van der Waals surface area contributed by atoms with E-state index >= 15 is 0 Å². The highest BCUT2D eigenvalue weighted by molar-refractivity contribution is 5.86. The molecule has 0 bridgehead atoms. The van der Waals surface area contributed by atoms with Gasteiger partial charge in [-0.25, -0.2) is 0 Å². The third-order valence-electron chi connectivity index (χ3n) is 3.01. The molecule has 96 valence electrons. The number of hydrogen-bond acceptors (Lipinski definition) is 3. The zero-order valence-corrected chi connectivity index (χ0v) is 10.4. The summed E-state index contributed by atoms with van der Waals surface area (Å²) in [4.78, 5) is 24.7. The Labute approximate surface area is 105 Å². The second-order valence-corrected chi connectivity index (χ2v) is 4.57. The number of fused-ring (bicyclic) bond motifs is 1. The van der Waals surface area contributed by atoms with Crippen molar-refractivity contribution in [3.05, 3.63) is 29.3 Å². The first-order chi connectivity index (χ1) is 8.47. The molecule has 1 aliphatic heterocycles. The van der Waals surface area contributed by atoms with Gasteiger partial charge in [0, 0.05) is 20.0 Å². The van der Waals surface area contributed by atoms with Gasteiger partial charge in [0.25, 0.3) is 0 Å². The molecule has 1 heterocycles. The van der Waals surface area contributed by atoms with E-state index in [9.17, 15) is 14.7 Å². The van der Waals surface area contributed by atoms with Crippen LogP contribution in [0.15, 0.2) is 18.2 Å². The lowest BCUT2D eigenvalue weighted by Gasteiger charge is -2.20. The molecule has 1 atom stereocenters. The number of benzene rings is 1. The van der Waals surface area contributed by atoms with Crippen molar-refractivity contribution in [2.75, 3.05) is 0 Å². The maximum absolute atomic E-state index is 12.1. The minimum atomic E-state index is -0.523. The number of hydrogen-bond donors (Lipinski definition) is 2. The van der Waals surface area contributed by atoms with Crippen LogP contribution in [-0.4, -0.2) is 27.9 Å². The molecule has 1 unspecified atom stereocenters. The van der Waals surface area contributed by atoms with Gasteiger partial charge in [0.1, 0.15) is 11.8 Å². The molecule has 0 saturated heterocycles. The summed E-state index contributed by atoms with van der Waals surface area (Å²) in [6, 6.07) is 4.59. The van der Waals surface area contributed by atoms with Crippen LogP contribution in [0.1, 0.15) is 25.0 Å². The molecule has 0 radical (unpaired) electrons. The standard InChI is InChI=1S/C13H16N2O3/c1-8(14-9(2)16)13(18)15-6-10-3-4-12(17)5-11(10)7-15/h3-5,8,17H,6-7H2,1-2H3,(H,14,16). The number of phenols is 1. The van der Waals surface area contributed by atoms with Crippen LogP contribution in [0.25, 0.3) is 0 Å². The molecule has 0 fully saturated rings. The largest absolute Gasteiger partial charge is 0.508 e. The molecule has 1 aliphatic rings. The van der Waals surface area contributed by atoms with Crippen molar-refractivity contribution in [3.63, 3.8) is 0 Å². The van der Waals surface area contributed by atoms with Gasteiger partial charge in [-0.15, -0.1) is 0 Å². The van der Waals surface area contributed by atoms with Crippen molar-refractivity contribution < 1.29 is 14.7 Å². The highest BCUT2D eigenvalue weighted by Gasteiger charge is 2.27. The lowest BCUT2D eigenvalue weighted by atomic mass is 10.1. The Hall–Kier alpha value is -2.04. The zero-order chi connectivity index (χ0) is 13.3.